The zero-order valence-corrected chi connectivity index (χ0v) is 20.1. The number of nitrogens with zero attached hydrogens (tertiary/aromatic N) is 3. The number of piperidine rings is 1. The maximum Gasteiger partial charge on any atom is 0.264 e. The van der Waals surface area contributed by atoms with Crippen LogP contribution in [0.25, 0.3) is 15.9 Å². The van der Waals surface area contributed by atoms with Gasteiger partial charge in [-0.2, -0.15) is 5.10 Å². The van der Waals surface area contributed by atoms with Crippen molar-refractivity contribution in [2.24, 2.45) is 0 Å². The quantitative estimate of drug-likeness (QED) is 0.449. The van der Waals surface area contributed by atoms with Gasteiger partial charge < -0.3 is 4.90 Å². The number of thiophene rings is 1. The first-order chi connectivity index (χ1) is 16.3. The highest BCUT2D eigenvalue weighted by molar-refractivity contribution is 7.89. The lowest BCUT2D eigenvalue weighted by molar-refractivity contribution is 0.0708. The molecule has 2 aromatic carbocycles. The SMILES string of the molecule is Cc1nn(-c2ccccc2)c2sc(C(=O)N3CCCC(NS(=O)(=O)c4cccc(F)c4)C3)cc12. The third-order valence-corrected chi connectivity index (χ3v) is 8.51. The van der Waals surface area contributed by atoms with Crippen LogP contribution in [-0.4, -0.2) is 48.1 Å². The molecule has 176 valence electrons. The number of aryl methyl sites for hydroxylation is 1. The summed E-state index contributed by atoms with van der Waals surface area (Å²) in [4.78, 5) is 16.4. The van der Waals surface area contributed by atoms with Gasteiger partial charge in [-0.25, -0.2) is 22.2 Å². The fourth-order valence-corrected chi connectivity index (χ4v) is 6.68. The van der Waals surface area contributed by atoms with E-state index in [1.807, 2.05) is 48.0 Å². The van der Waals surface area contributed by atoms with Gasteiger partial charge in [0.2, 0.25) is 10.0 Å². The molecular weight excluding hydrogens is 475 g/mol. The topological polar surface area (TPSA) is 84.3 Å². The van der Waals surface area contributed by atoms with Crippen LogP contribution in [0.3, 0.4) is 0 Å². The van der Waals surface area contributed by atoms with Crippen molar-refractivity contribution in [3.8, 4) is 5.69 Å². The number of aromatic nitrogens is 2. The molecule has 1 N–H and O–H groups in total. The van der Waals surface area contributed by atoms with Crippen LogP contribution >= 0.6 is 11.3 Å². The standard InChI is InChI=1S/C24H23FN4O3S2/c1-16-21-14-22(33-24(21)29(26-16)19-9-3-2-4-10-19)23(30)28-12-6-8-18(15-28)27-34(31,32)20-11-5-7-17(25)13-20/h2-5,7,9-11,13-14,18,27H,6,8,12,15H2,1H3. The molecule has 1 fully saturated rings. The highest BCUT2D eigenvalue weighted by Gasteiger charge is 2.29. The summed E-state index contributed by atoms with van der Waals surface area (Å²) in [5.41, 5.74) is 1.76. The number of sulfonamides is 1. The van der Waals surface area contributed by atoms with Gasteiger partial charge in [-0.15, -0.1) is 11.3 Å². The summed E-state index contributed by atoms with van der Waals surface area (Å²) in [5, 5.41) is 5.55. The molecule has 3 heterocycles. The maximum absolute atomic E-state index is 13.5. The number of rotatable bonds is 5. The number of carbonyl (C=O) groups is 1. The molecule has 0 radical (unpaired) electrons. The van der Waals surface area contributed by atoms with E-state index in [0.29, 0.717) is 24.3 Å². The van der Waals surface area contributed by atoms with Crippen LogP contribution in [0.15, 0.2) is 65.6 Å². The van der Waals surface area contributed by atoms with Gasteiger partial charge in [-0.05, 0) is 56.2 Å². The second-order valence-electron chi connectivity index (χ2n) is 8.33. The van der Waals surface area contributed by atoms with Gasteiger partial charge in [-0.1, -0.05) is 24.3 Å². The van der Waals surface area contributed by atoms with Crippen molar-refractivity contribution in [3.05, 3.63) is 77.1 Å². The van der Waals surface area contributed by atoms with Gasteiger partial charge >= 0.3 is 0 Å². The summed E-state index contributed by atoms with van der Waals surface area (Å²) in [6, 6.07) is 16.1. The van der Waals surface area contributed by atoms with Gasteiger partial charge in [0.1, 0.15) is 10.6 Å². The van der Waals surface area contributed by atoms with E-state index in [-0.39, 0.29) is 17.3 Å². The Kier molecular flexibility index (Phi) is 5.97. The molecule has 1 unspecified atom stereocenters. The number of hydrogen-bond acceptors (Lipinski definition) is 5. The van der Waals surface area contributed by atoms with Crippen LogP contribution in [-0.2, 0) is 10.0 Å². The Bertz CT molecular complexity index is 1460. The number of benzene rings is 2. The summed E-state index contributed by atoms with van der Waals surface area (Å²) in [6.07, 6.45) is 1.27. The molecule has 1 aliphatic heterocycles. The number of fused-ring (bicyclic) bond motifs is 1. The van der Waals surface area contributed by atoms with Crippen molar-refractivity contribution >= 4 is 37.5 Å². The summed E-state index contributed by atoms with van der Waals surface area (Å²) in [7, 11) is -3.89. The third kappa shape index (κ3) is 4.36. The fourth-order valence-electron chi connectivity index (χ4n) is 4.23. The second kappa shape index (κ2) is 8.94. The molecule has 1 amide bonds. The zero-order chi connectivity index (χ0) is 23.9. The summed E-state index contributed by atoms with van der Waals surface area (Å²) in [6.45, 7) is 2.72. The molecule has 7 nitrogen and oxygen atoms in total. The van der Waals surface area contributed by atoms with Gasteiger partial charge in [0, 0.05) is 24.5 Å². The molecule has 0 saturated carbocycles. The van der Waals surface area contributed by atoms with Gasteiger partial charge in [-0.3, -0.25) is 4.79 Å². The zero-order valence-electron chi connectivity index (χ0n) is 18.4. The molecule has 34 heavy (non-hydrogen) atoms. The highest BCUT2D eigenvalue weighted by atomic mass is 32.2. The molecule has 1 atom stereocenters. The highest BCUT2D eigenvalue weighted by Crippen LogP contribution is 2.31. The van der Waals surface area contributed by atoms with Crippen LogP contribution in [0.5, 0.6) is 0 Å². The minimum Gasteiger partial charge on any atom is -0.336 e. The predicted octanol–water partition coefficient (Wildman–Crippen LogP) is 4.12. The van der Waals surface area contributed by atoms with Crippen molar-refractivity contribution in [1.82, 2.24) is 19.4 Å². The van der Waals surface area contributed by atoms with Crippen molar-refractivity contribution in [2.45, 2.75) is 30.7 Å². The first-order valence-corrected chi connectivity index (χ1v) is 13.2. The Morgan fingerprint density at radius 2 is 1.94 bits per heavy atom. The molecule has 1 saturated heterocycles. The van der Waals surface area contributed by atoms with E-state index in [0.717, 1.165) is 27.7 Å². The molecule has 4 aromatic rings. The molecule has 0 aliphatic carbocycles. The molecule has 10 heteroatoms. The Hall–Kier alpha value is -3.08. The van der Waals surface area contributed by atoms with E-state index in [4.69, 9.17) is 0 Å². The number of para-hydroxylation sites is 1. The number of likely N-dealkylation sites (tertiary alicyclic amines) is 1. The second-order valence-corrected chi connectivity index (χ2v) is 11.1. The van der Waals surface area contributed by atoms with E-state index in [1.165, 1.54) is 29.5 Å². The number of nitrogens with one attached hydrogen (secondary N) is 1. The Morgan fingerprint density at radius 1 is 1.15 bits per heavy atom. The molecule has 5 rings (SSSR count). The summed E-state index contributed by atoms with van der Waals surface area (Å²) in [5.74, 6) is -0.743. The van der Waals surface area contributed by atoms with Gasteiger partial charge in [0.15, 0.2) is 0 Å². The van der Waals surface area contributed by atoms with Gasteiger partial charge in [0.05, 0.1) is 21.2 Å². The molecule has 1 aliphatic rings. The van der Waals surface area contributed by atoms with E-state index in [1.54, 1.807) is 4.90 Å². The third-order valence-electron chi connectivity index (χ3n) is 5.89. The van der Waals surface area contributed by atoms with Crippen molar-refractivity contribution in [2.75, 3.05) is 13.1 Å². The number of amides is 1. The largest absolute Gasteiger partial charge is 0.336 e. The monoisotopic (exact) mass is 498 g/mol. The van der Waals surface area contributed by atoms with Crippen molar-refractivity contribution < 1.29 is 17.6 Å². The molecule has 0 bridgehead atoms. The van der Waals surface area contributed by atoms with E-state index in [9.17, 15) is 17.6 Å². The van der Waals surface area contributed by atoms with Crippen LogP contribution in [0.4, 0.5) is 4.39 Å². The first-order valence-electron chi connectivity index (χ1n) is 10.9. The van der Waals surface area contributed by atoms with Crippen molar-refractivity contribution in [1.29, 1.82) is 0 Å². The Labute approximate surface area is 200 Å². The normalized spacial score (nSPS) is 16.8. The average molecular weight is 499 g/mol. The van der Waals surface area contributed by atoms with E-state index < -0.39 is 21.9 Å². The van der Waals surface area contributed by atoms with Gasteiger partial charge in [0.25, 0.3) is 5.91 Å². The minimum atomic E-state index is -3.89. The summed E-state index contributed by atoms with van der Waals surface area (Å²) < 4.78 is 43.4. The van der Waals surface area contributed by atoms with Crippen LogP contribution < -0.4 is 4.72 Å². The van der Waals surface area contributed by atoms with Crippen molar-refractivity contribution in [3.63, 3.8) is 0 Å². The lowest BCUT2D eigenvalue weighted by Gasteiger charge is -2.32. The summed E-state index contributed by atoms with van der Waals surface area (Å²) >= 11 is 1.38. The maximum atomic E-state index is 13.5. The number of carbonyl (C=O) groups excluding carboxylic acids is 1. The van der Waals surface area contributed by atoms with Crippen LogP contribution in [0.1, 0.15) is 28.2 Å². The van der Waals surface area contributed by atoms with E-state index in [2.05, 4.69) is 9.82 Å². The average Bonchev–Trinajstić information content (AvgIpc) is 3.40. The molecule has 0 spiro atoms. The minimum absolute atomic E-state index is 0.124. The number of halogens is 1. The predicted molar refractivity (Wildman–Crippen MR) is 129 cm³/mol. The number of hydrogen-bond donors (Lipinski definition) is 1. The van der Waals surface area contributed by atoms with Crippen LogP contribution in [0.2, 0.25) is 0 Å². The van der Waals surface area contributed by atoms with Crippen LogP contribution in [0, 0.1) is 12.7 Å². The lowest BCUT2D eigenvalue weighted by Crippen LogP contribution is -2.49. The Balaban J connectivity index is 1.36. The smallest absolute Gasteiger partial charge is 0.264 e. The lowest BCUT2D eigenvalue weighted by atomic mass is 10.1. The Morgan fingerprint density at radius 3 is 2.71 bits per heavy atom. The molecule has 2 aromatic heterocycles. The molecular formula is C24H23FN4O3S2. The fraction of sp³-hybridized carbons (Fsp3) is 0.250. The first kappa shape index (κ1) is 22.7. The van der Waals surface area contributed by atoms with E-state index >= 15 is 0 Å².